The van der Waals surface area contributed by atoms with E-state index in [1.165, 1.54) is 0 Å². The molecule has 1 atom stereocenters. The number of nitrogens with one attached hydrogen (secondary N) is 2. The fourth-order valence-corrected chi connectivity index (χ4v) is 4.23. The van der Waals surface area contributed by atoms with Gasteiger partial charge in [0.25, 0.3) is 0 Å². The molecule has 2 amide bonds. The summed E-state index contributed by atoms with van der Waals surface area (Å²) in [5.41, 5.74) is 10.1. The van der Waals surface area contributed by atoms with Gasteiger partial charge in [0.1, 0.15) is 12.4 Å². The largest absolute Gasteiger partial charge is 0.489 e. The normalized spacial score (nSPS) is 15.4. The number of benzene rings is 3. The van der Waals surface area contributed by atoms with Gasteiger partial charge in [-0.2, -0.15) is 0 Å². The fourth-order valence-electron chi connectivity index (χ4n) is 3.72. The lowest BCUT2D eigenvalue weighted by molar-refractivity contribution is -0.125. The average Bonchev–Trinajstić information content (AvgIpc) is 3.21. The van der Waals surface area contributed by atoms with Gasteiger partial charge >= 0.3 is 0 Å². The Morgan fingerprint density at radius 1 is 1.03 bits per heavy atom. The van der Waals surface area contributed by atoms with Crippen LogP contribution in [0.4, 0.5) is 11.4 Å². The van der Waals surface area contributed by atoms with Crippen LogP contribution in [0.2, 0.25) is 10.0 Å². The number of aryl methyl sites for hydroxylation is 2. The van der Waals surface area contributed by atoms with Crippen molar-refractivity contribution in [3.8, 4) is 5.75 Å². The molecular formula is C26H25Cl2N3O3. The molecule has 0 radical (unpaired) electrons. The number of nitrogens with zero attached hydrogens (tertiary/aromatic N) is 1. The second-order valence-electron chi connectivity index (χ2n) is 8.30. The van der Waals surface area contributed by atoms with Gasteiger partial charge in [-0.1, -0.05) is 35.3 Å². The van der Waals surface area contributed by atoms with Gasteiger partial charge in [-0.3, -0.25) is 20.4 Å². The first-order valence-corrected chi connectivity index (χ1v) is 11.7. The lowest BCUT2D eigenvalue weighted by Crippen LogP contribution is -2.36. The molecule has 0 saturated carbocycles. The van der Waals surface area contributed by atoms with Gasteiger partial charge in [0.15, 0.2) is 0 Å². The Bertz CT molecular complexity index is 1190. The molecule has 3 aromatic carbocycles. The lowest BCUT2D eigenvalue weighted by atomic mass is 10.1. The average molecular weight is 498 g/mol. The van der Waals surface area contributed by atoms with E-state index in [-0.39, 0.29) is 24.8 Å². The van der Waals surface area contributed by atoms with Crippen molar-refractivity contribution in [2.45, 2.75) is 26.9 Å². The molecule has 34 heavy (non-hydrogen) atoms. The van der Waals surface area contributed by atoms with Gasteiger partial charge in [0.05, 0.1) is 11.6 Å². The Morgan fingerprint density at radius 3 is 2.41 bits per heavy atom. The molecule has 176 valence electrons. The Labute approximate surface area is 208 Å². The summed E-state index contributed by atoms with van der Waals surface area (Å²) < 4.78 is 5.77. The molecule has 1 saturated heterocycles. The van der Waals surface area contributed by atoms with Crippen LogP contribution in [0.1, 0.15) is 23.1 Å². The van der Waals surface area contributed by atoms with Crippen LogP contribution in [-0.4, -0.2) is 18.4 Å². The topological polar surface area (TPSA) is 70.7 Å². The zero-order valence-corrected chi connectivity index (χ0v) is 20.4. The van der Waals surface area contributed by atoms with Crippen molar-refractivity contribution < 1.29 is 14.3 Å². The Kier molecular flexibility index (Phi) is 7.29. The van der Waals surface area contributed by atoms with E-state index in [1.54, 1.807) is 47.4 Å². The summed E-state index contributed by atoms with van der Waals surface area (Å²) in [7, 11) is 0. The highest BCUT2D eigenvalue weighted by Gasteiger charge is 2.35. The third kappa shape index (κ3) is 5.46. The summed E-state index contributed by atoms with van der Waals surface area (Å²) in [5, 5.41) is 1.10. The number of carbonyl (C=O) groups is 2. The van der Waals surface area contributed by atoms with Gasteiger partial charge in [-0.25, -0.2) is 0 Å². The van der Waals surface area contributed by atoms with Crippen molar-refractivity contribution in [3.05, 3.63) is 87.4 Å². The van der Waals surface area contributed by atoms with Crippen molar-refractivity contribution in [2.75, 3.05) is 16.9 Å². The molecule has 6 nitrogen and oxygen atoms in total. The molecule has 0 bridgehead atoms. The summed E-state index contributed by atoms with van der Waals surface area (Å²) in [6, 6.07) is 18.3. The molecule has 1 heterocycles. The molecule has 8 heteroatoms. The summed E-state index contributed by atoms with van der Waals surface area (Å²) in [5.74, 6) is -0.0697. The Balaban J connectivity index is 1.29. The number of hydrogen-bond acceptors (Lipinski definition) is 4. The van der Waals surface area contributed by atoms with E-state index in [2.05, 4.69) is 10.9 Å². The molecule has 0 aliphatic carbocycles. The van der Waals surface area contributed by atoms with E-state index in [0.717, 1.165) is 22.4 Å². The van der Waals surface area contributed by atoms with E-state index in [4.69, 9.17) is 27.9 Å². The smallest absolute Gasteiger partial charge is 0.243 e. The summed E-state index contributed by atoms with van der Waals surface area (Å²) in [6.45, 7) is 4.64. The molecule has 1 aliphatic rings. The van der Waals surface area contributed by atoms with E-state index < -0.39 is 5.92 Å². The summed E-state index contributed by atoms with van der Waals surface area (Å²) in [4.78, 5) is 26.8. The first-order valence-electron chi connectivity index (χ1n) is 10.9. The highest BCUT2D eigenvalue weighted by Crippen LogP contribution is 2.28. The molecule has 2 N–H and O–H groups in total. The van der Waals surface area contributed by atoms with Crippen molar-refractivity contribution in [1.82, 2.24) is 5.43 Å². The van der Waals surface area contributed by atoms with Crippen LogP contribution in [0.5, 0.6) is 5.75 Å². The molecule has 3 aromatic rings. The third-order valence-corrected chi connectivity index (χ3v) is 6.64. The zero-order chi connectivity index (χ0) is 24.2. The summed E-state index contributed by atoms with van der Waals surface area (Å²) in [6.07, 6.45) is 0.178. The lowest BCUT2D eigenvalue weighted by Gasteiger charge is -2.18. The van der Waals surface area contributed by atoms with E-state index in [0.29, 0.717) is 28.0 Å². The quantitative estimate of drug-likeness (QED) is 0.411. The standard InChI is InChI=1S/C26H25Cl2N3O3/c1-16-6-9-20(12-17(16)2)31-14-18(13-25(31)32)26(33)30-29-19-7-10-21(11-8-19)34-15-22-23(27)4-3-5-24(22)28/h3-12,18,29H,13-15H2,1-2H3,(H,30,33)/t18-/m0/s1. The van der Waals surface area contributed by atoms with Crippen LogP contribution in [0.15, 0.2) is 60.7 Å². The van der Waals surface area contributed by atoms with Crippen molar-refractivity contribution in [3.63, 3.8) is 0 Å². The Hall–Kier alpha value is -3.22. The van der Waals surface area contributed by atoms with Crippen LogP contribution in [0.3, 0.4) is 0 Å². The monoisotopic (exact) mass is 497 g/mol. The number of halogens is 2. The van der Waals surface area contributed by atoms with E-state index in [9.17, 15) is 9.59 Å². The number of amides is 2. The third-order valence-electron chi connectivity index (χ3n) is 5.93. The molecule has 0 unspecified atom stereocenters. The van der Waals surface area contributed by atoms with Crippen molar-refractivity contribution in [1.29, 1.82) is 0 Å². The molecule has 1 aliphatic heterocycles. The zero-order valence-electron chi connectivity index (χ0n) is 18.9. The predicted molar refractivity (Wildman–Crippen MR) is 135 cm³/mol. The second-order valence-corrected chi connectivity index (χ2v) is 9.12. The maximum atomic E-state index is 12.7. The van der Waals surface area contributed by atoms with Crippen LogP contribution in [0.25, 0.3) is 0 Å². The van der Waals surface area contributed by atoms with Crippen LogP contribution in [-0.2, 0) is 16.2 Å². The first kappa shape index (κ1) is 23.9. The molecular weight excluding hydrogens is 473 g/mol. The highest BCUT2D eigenvalue weighted by molar-refractivity contribution is 6.35. The number of carbonyl (C=O) groups excluding carboxylic acids is 2. The molecule has 4 rings (SSSR count). The summed E-state index contributed by atoms with van der Waals surface area (Å²) >= 11 is 12.3. The molecule has 1 fully saturated rings. The van der Waals surface area contributed by atoms with Gasteiger partial charge < -0.3 is 9.64 Å². The maximum Gasteiger partial charge on any atom is 0.243 e. The predicted octanol–water partition coefficient (Wildman–Crippen LogP) is 5.69. The van der Waals surface area contributed by atoms with Crippen molar-refractivity contribution >= 4 is 46.4 Å². The van der Waals surface area contributed by atoms with E-state index >= 15 is 0 Å². The molecule has 0 spiro atoms. The number of rotatable bonds is 7. The SMILES string of the molecule is Cc1ccc(N2C[C@@H](C(=O)NNc3ccc(OCc4c(Cl)cccc4Cl)cc3)CC2=O)cc1C. The van der Waals surface area contributed by atoms with Crippen LogP contribution >= 0.6 is 23.2 Å². The van der Waals surface area contributed by atoms with E-state index in [1.807, 2.05) is 32.0 Å². The minimum Gasteiger partial charge on any atom is -0.489 e. The Morgan fingerprint density at radius 2 is 1.74 bits per heavy atom. The van der Waals surface area contributed by atoms with Gasteiger partial charge in [-0.15, -0.1) is 0 Å². The van der Waals surface area contributed by atoms with Gasteiger partial charge in [0.2, 0.25) is 11.8 Å². The number of hydrogen-bond donors (Lipinski definition) is 2. The second kappa shape index (κ2) is 10.4. The van der Waals surface area contributed by atoms with Crippen LogP contribution < -0.4 is 20.5 Å². The number of hydrazine groups is 1. The highest BCUT2D eigenvalue weighted by atomic mass is 35.5. The minimum absolute atomic E-state index is 0.0523. The number of ether oxygens (including phenoxy) is 1. The molecule has 0 aromatic heterocycles. The minimum atomic E-state index is -0.426. The number of anilines is 2. The van der Waals surface area contributed by atoms with Gasteiger partial charge in [0, 0.05) is 34.3 Å². The van der Waals surface area contributed by atoms with Crippen molar-refractivity contribution in [2.24, 2.45) is 5.92 Å². The maximum absolute atomic E-state index is 12.7. The van der Waals surface area contributed by atoms with Crippen LogP contribution in [0, 0.1) is 19.8 Å². The van der Waals surface area contributed by atoms with Gasteiger partial charge in [-0.05, 0) is 73.5 Å². The fraction of sp³-hybridized carbons (Fsp3) is 0.231. The first-order chi connectivity index (χ1) is 16.3.